The summed E-state index contributed by atoms with van der Waals surface area (Å²) in [5.74, 6) is 0. The molecule has 3 rings (SSSR count). The third kappa shape index (κ3) is 2.45. The Bertz CT molecular complexity index is 566. The second-order valence-electron chi connectivity index (χ2n) is 5.56. The Hall–Kier alpha value is -1.56. The van der Waals surface area contributed by atoms with Gasteiger partial charge in [-0.1, -0.05) is 62.2 Å². The standard InChI is InChI=1S/C19H22/c1-2-3-4-8-15-10-7-12-19-17-11-6-5-9-16(17)13-14-18(15)19/h5-7,9-12H,2-4,8,13-14H2,1H3. The Morgan fingerprint density at radius 3 is 2.58 bits per heavy atom. The summed E-state index contributed by atoms with van der Waals surface area (Å²) in [4.78, 5) is 0. The van der Waals surface area contributed by atoms with E-state index in [4.69, 9.17) is 0 Å². The Morgan fingerprint density at radius 2 is 1.68 bits per heavy atom. The van der Waals surface area contributed by atoms with E-state index in [2.05, 4.69) is 49.4 Å². The van der Waals surface area contributed by atoms with E-state index in [0.717, 1.165) is 0 Å². The van der Waals surface area contributed by atoms with Crippen LogP contribution in [0.15, 0.2) is 42.5 Å². The van der Waals surface area contributed by atoms with Crippen LogP contribution in [0.1, 0.15) is 42.9 Å². The van der Waals surface area contributed by atoms with Crippen molar-refractivity contribution in [1.82, 2.24) is 0 Å². The minimum absolute atomic E-state index is 1.20. The summed E-state index contributed by atoms with van der Waals surface area (Å²) < 4.78 is 0. The Balaban J connectivity index is 1.96. The van der Waals surface area contributed by atoms with Gasteiger partial charge in [-0.05, 0) is 53.5 Å². The van der Waals surface area contributed by atoms with Crippen molar-refractivity contribution in [2.45, 2.75) is 45.4 Å². The minimum Gasteiger partial charge on any atom is -0.0654 e. The number of unbranched alkanes of at least 4 members (excludes halogenated alkanes) is 2. The maximum Gasteiger partial charge on any atom is -0.0146 e. The molecule has 1 aliphatic rings. The summed E-state index contributed by atoms with van der Waals surface area (Å²) in [7, 11) is 0. The van der Waals surface area contributed by atoms with E-state index in [1.165, 1.54) is 55.2 Å². The molecule has 0 aliphatic heterocycles. The molecule has 2 aromatic rings. The quantitative estimate of drug-likeness (QED) is 0.655. The highest BCUT2D eigenvalue weighted by atomic mass is 14.2. The van der Waals surface area contributed by atoms with Crippen molar-refractivity contribution in [2.75, 3.05) is 0 Å². The second-order valence-corrected chi connectivity index (χ2v) is 5.56. The molecule has 0 heterocycles. The topological polar surface area (TPSA) is 0 Å². The van der Waals surface area contributed by atoms with E-state index < -0.39 is 0 Å². The van der Waals surface area contributed by atoms with Crippen LogP contribution in [0.4, 0.5) is 0 Å². The largest absolute Gasteiger partial charge is 0.0654 e. The Kier molecular flexibility index (Phi) is 3.68. The predicted molar refractivity (Wildman–Crippen MR) is 82.5 cm³/mol. The molecule has 0 saturated heterocycles. The number of fused-ring (bicyclic) bond motifs is 3. The van der Waals surface area contributed by atoms with Crippen molar-refractivity contribution in [3.05, 3.63) is 59.2 Å². The van der Waals surface area contributed by atoms with Crippen LogP contribution in [0, 0.1) is 0 Å². The molecule has 0 nitrogen and oxygen atoms in total. The lowest BCUT2D eigenvalue weighted by Crippen LogP contribution is -2.07. The molecule has 0 atom stereocenters. The normalized spacial score (nSPS) is 12.9. The van der Waals surface area contributed by atoms with E-state index in [0.29, 0.717) is 0 Å². The number of hydrogen-bond acceptors (Lipinski definition) is 0. The van der Waals surface area contributed by atoms with Crippen LogP contribution in [0.3, 0.4) is 0 Å². The molecule has 98 valence electrons. The van der Waals surface area contributed by atoms with Gasteiger partial charge in [0.25, 0.3) is 0 Å². The molecule has 0 unspecified atom stereocenters. The van der Waals surface area contributed by atoms with Crippen LogP contribution in [0.5, 0.6) is 0 Å². The lowest BCUT2D eigenvalue weighted by atomic mass is 9.82. The third-order valence-electron chi connectivity index (χ3n) is 4.27. The highest BCUT2D eigenvalue weighted by Gasteiger charge is 2.17. The summed E-state index contributed by atoms with van der Waals surface area (Å²) in [6, 6.07) is 15.8. The first kappa shape index (κ1) is 12.5. The van der Waals surface area contributed by atoms with Gasteiger partial charge in [-0.25, -0.2) is 0 Å². The van der Waals surface area contributed by atoms with Crippen LogP contribution >= 0.6 is 0 Å². The van der Waals surface area contributed by atoms with Gasteiger partial charge in [-0.3, -0.25) is 0 Å². The summed E-state index contributed by atoms with van der Waals surface area (Å²) in [6.07, 6.45) is 7.65. The van der Waals surface area contributed by atoms with Gasteiger partial charge >= 0.3 is 0 Å². The molecule has 0 heteroatoms. The smallest absolute Gasteiger partial charge is 0.0146 e. The summed E-state index contributed by atoms with van der Waals surface area (Å²) >= 11 is 0. The van der Waals surface area contributed by atoms with Gasteiger partial charge in [0.1, 0.15) is 0 Å². The van der Waals surface area contributed by atoms with Crippen molar-refractivity contribution in [2.24, 2.45) is 0 Å². The van der Waals surface area contributed by atoms with Crippen LogP contribution in [0.2, 0.25) is 0 Å². The second kappa shape index (κ2) is 5.61. The van der Waals surface area contributed by atoms with Crippen molar-refractivity contribution >= 4 is 0 Å². The van der Waals surface area contributed by atoms with Crippen molar-refractivity contribution in [1.29, 1.82) is 0 Å². The monoisotopic (exact) mass is 250 g/mol. The van der Waals surface area contributed by atoms with Crippen LogP contribution in [-0.4, -0.2) is 0 Å². The zero-order chi connectivity index (χ0) is 13.1. The Labute approximate surface area is 116 Å². The molecule has 0 saturated carbocycles. The van der Waals surface area contributed by atoms with Gasteiger partial charge in [0.15, 0.2) is 0 Å². The molecule has 0 N–H and O–H groups in total. The Morgan fingerprint density at radius 1 is 0.842 bits per heavy atom. The molecule has 19 heavy (non-hydrogen) atoms. The highest BCUT2D eigenvalue weighted by Crippen LogP contribution is 2.35. The average molecular weight is 250 g/mol. The van der Waals surface area contributed by atoms with Gasteiger partial charge in [0.05, 0.1) is 0 Å². The van der Waals surface area contributed by atoms with Crippen molar-refractivity contribution in [3.8, 4) is 11.1 Å². The van der Waals surface area contributed by atoms with Gasteiger partial charge in [0, 0.05) is 0 Å². The first-order valence-electron chi connectivity index (χ1n) is 7.59. The minimum atomic E-state index is 1.20. The summed E-state index contributed by atoms with van der Waals surface area (Å²) in [6.45, 7) is 2.27. The summed E-state index contributed by atoms with van der Waals surface area (Å²) in [5, 5.41) is 0. The van der Waals surface area contributed by atoms with E-state index >= 15 is 0 Å². The third-order valence-corrected chi connectivity index (χ3v) is 4.27. The van der Waals surface area contributed by atoms with E-state index in [-0.39, 0.29) is 0 Å². The van der Waals surface area contributed by atoms with Crippen molar-refractivity contribution < 1.29 is 0 Å². The van der Waals surface area contributed by atoms with Gasteiger partial charge < -0.3 is 0 Å². The van der Waals surface area contributed by atoms with Crippen LogP contribution in [-0.2, 0) is 19.3 Å². The zero-order valence-electron chi connectivity index (χ0n) is 11.8. The maximum atomic E-state index is 2.34. The molecule has 0 radical (unpaired) electrons. The van der Waals surface area contributed by atoms with Crippen LogP contribution in [0.25, 0.3) is 11.1 Å². The molecular weight excluding hydrogens is 228 g/mol. The first-order valence-corrected chi connectivity index (χ1v) is 7.59. The molecule has 0 amide bonds. The maximum absolute atomic E-state index is 2.34. The molecule has 0 fully saturated rings. The molecule has 0 bridgehead atoms. The van der Waals surface area contributed by atoms with E-state index in [9.17, 15) is 0 Å². The fraction of sp³-hybridized carbons (Fsp3) is 0.368. The average Bonchev–Trinajstić information content (AvgIpc) is 2.47. The van der Waals surface area contributed by atoms with E-state index in [1.54, 1.807) is 11.1 Å². The highest BCUT2D eigenvalue weighted by molar-refractivity contribution is 5.74. The predicted octanol–water partition coefficient (Wildman–Crippen LogP) is 5.18. The van der Waals surface area contributed by atoms with Crippen molar-refractivity contribution in [3.63, 3.8) is 0 Å². The number of aryl methyl sites for hydroxylation is 2. The summed E-state index contributed by atoms with van der Waals surface area (Å²) in [5.41, 5.74) is 7.65. The first-order chi connectivity index (χ1) is 9.40. The molecule has 1 aliphatic carbocycles. The fourth-order valence-corrected chi connectivity index (χ4v) is 3.24. The number of benzene rings is 2. The lowest BCUT2D eigenvalue weighted by molar-refractivity contribution is 0.712. The van der Waals surface area contributed by atoms with Crippen LogP contribution < -0.4 is 0 Å². The van der Waals surface area contributed by atoms with Gasteiger partial charge in [-0.2, -0.15) is 0 Å². The number of hydrogen-bond donors (Lipinski definition) is 0. The molecular formula is C19H22. The van der Waals surface area contributed by atoms with Gasteiger partial charge in [0.2, 0.25) is 0 Å². The zero-order valence-corrected chi connectivity index (χ0v) is 11.8. The SMILES string of the molecule is CCCCCc1cccc2c1CCc1ccccc1-2. The number of rotatable bonds is 4. The molecule has 0 spiro atoms. The molecule has 2 aromatic carbocycles. The van der Waals surface area contributed by atoms with E-state index in [1.807, 2.05) is 0 Å². The van der Waals surface area contributed by atoms with Gasteiger partial charge in [-0.15, -0.1) is 0 Å². The fourth-order valence-electron chi connectivity index (χ4n) is 3.24. The molecule has 0 aromatic heterocycles. The lowest BCUT2D eigenvalue weighted by Gasteiger charge is -2.22.